The van der Waals surface area contributed by atoms with Crippen LogP contribution in [0, 0.1) is 0 Å². The van der Waals surface area contributed by atoms with Crippen molar-refractivity contribution in [3.05, 3.63) is 34.9 Å². The average molecular weight is 386 g/mol. The predicted octanol–water partition coefficient (Wildman–Crippen LogP) is 0.639. The van der Waals surface area contributed by atoms with E-state index < -0.39 is 29.8 Å². The number of piperidine rings is 1. The summed E-state index contributed by atoms with van der Waals surface area (Å²) in [6.45, 7) is 2.51. The summed E-state index contributed by atoms with van der Waals surface area (Å²) in [5, 5.41) is 4.86. The first-order valence-corrected chi connectivity index (χ1v) is 9.17. The number of urea groups is 1. The molecule has 1 aromatic rings. The second kappa shape index (κ2) is 7.79. The van der Waals surface area contributed by atoms with Gasteiger partial charge in [-0.2, -0.15) is 0 Å². The van der Waals surface area contributed by atoms with Crippen LogP contribution in [0.4, 0.5) is 4.79 Å². The molecule has 3 rings (SSSR count). The zero-order valence-corrected chi connectivity index (χ0v) is 15.8. The Bertz CT molecular complexity index is 866. The van der Waals surface area contributed by atoms with E-state index in [9.17, 15) is 24.0 Å². The summed E-state index contributed by atoms with van der Waals surface area (Å²) < 4.78 is 0. The Balaban J connectivity index is 1.85. The third-order valence-electron chi connectivity index (χ3n) is 4.92. The van der Waals surface area contributed by atoms with Gasteiger partial charge in [-0.1, -0.05) is 19.1 Å². The fourth-order valence-electron chi connectivity index (χ4n) is 3.42. The summed E-state index contributed by atoms with van der Waals surface area (Å²) in [5.74, 6) is -1.91. The first kappa shape index (κ1) is 19.5. The molecule has 0 aromatic heterocycles. The van der Waals surface area contributed by atoms with Crippen molar-refractivity contribution in [2.24, 2.45) is 0 Å². The van der Waals surface area contributed by atoms with Crippen LogP contribution in [-0.2, 0) is 16.1 Å². The maximum atomic E-state index is 13.0. The molecule has 2 heterocycles. The van der Waals surface area contributed by atoms with Crippen molar-refractivity contribution in [2.75, 3.05) is 13.6 Å². The van der Waals surface area contributed by atoms with Gasteiger partial charge in [0.2, 0.25) is 11.8 Å². The lowest BCUT2D eigenvalue weighted by Gasteiger charge is -2.29. The second-order valence-electron chi connectivity index (χ2n) is 6.84. The Morgan fingerprint density at radius 1 is 1.29 bits per heavy atom. The number of hydrogen-bond donors (Lipinski definition) is 2. The summed E-state index contributed by atoms with van der Waals surface area (Å²) in [6.07, 6.45) is 1.13. The maximum Gasteiger partial charge on any atom is 0.324 e. The Morgan fingerprint density at radius 2 is 2.04 bits per heavy atom. The number of imide groups is 2. The van der Waals surface area contributed by atoms with E-state index in [0.29, 0.717) is 12.1 Å². The number of carbonyl (C=O) groups is 5. The summed E-state index contributed by atoms with van der Waals surface area (Å²) in [7, 11) is 1.35. The van der Waals surface area contributed by atoms with Crippen LogP contribution in [0.2, 0.25) is 0 Å². The fraction of sp³-hybridized carbons (Fsp3) is 0.421. The predicted molar refractivity (Wildman–Crippen MR) is 98.3 cm³/mol. The number of nitrogens with one attached hydrogen (secondary N) is 2. The van der Waals surface area contributed by atoms with Gasteiger partial charge in [0.15, 0.2) is 0 Å². The van der Waals surface area contributed by atoms with E-state index in [1.165, 1.54) is 18.0 Å². The minimum Gasteiger partial charge on any atom is -0.338 e. The van der Waals surface area contributed by atoms with E-state index in [1.807, 2.05) is 6.92 Å². The molecule has 0 bridgehead atoms. The van der Waals surface area contributed by atoms with Crippen molar-refractivity contribution < 1.29 is 24.0 Å². The van der Waals surface area contributed by atoms with Gasteiger partial charge in [-0.3, -0.25) is 29.4 Å². The largest absolute Gasteiger partial charge is 0.338 e. The van der Waals surface area contributed by atoms with Crippen molar-refractivity contribution in [2.45, 2.75) is 38.8 Å². The molecule has 2 aliphatic heterocycles. The molecule has 1 saturated heterocycles. The van der Waals surface area contributed by atoms with Crippen molar-refractivity contribution in [3.8, 4) is 0 Å². The molecule has 2 N–H and O–H groups in total. The second-order valence-corrected chi connectivity index (χ2v) is 6.84. The quantitative estimate of drug-likeness (QED) is 0.737. The monoisotopic (exact) mass is 386 g/mol. The van der Waals surface area contributed by atoms with Crippen LogP contribution in [0.15, 0.2) is 18.2 Å². The third kappa shape index (κ3) is 3.47. The van der Waals surface area contributed by atoms with Gasteiger partial charge in [-0.05, 0) is 24.5 Å². The molecule has 1 fully saturated rings. The van der Waals surface area contributed by atoms with Crippen molar-refractivity contribution >= 4 is 29.7 Å². The number of rotatable bonds is 4. The number of benzene rings is 1. The number of hydrogen-bond acceptors (Lipinski definition) is 5. The molecule has 148 valence electrons. The van der Waals surface area contributed by atoms with E-state index >= 15 is 0 Å². The summed E-state index contributed by atoms with van der Waals surface area (Å²) >= 11 is 0. The number of fused-ring (bicyclic) bond motifs is 1. The molecule has 28 heavy (non-hydrogen) atoms. The summed E-state index contributed by atoms with van der Waals surface area (Å²) in [4.78, 5) is 63.7. The van der Waals surface area contributed by atoms with E-state index in [1.54, 1.807) is 12.1 Å². The van der Waals surface area contributed by atoms with Crippen LogP contribution in [0.3, 0.4) is 0 Å². The SMILES string of the molecule is CCCNC(=O)N(C)C(=O)c1cccc2c1C(=O)N(C1CCC(=O)NC1=O)C2. The van der Waals surface area contributed by atoms with E-state index in [0.717, 1.165) is 11.3 Å². The van der Waals surface area contributed by atoms with Crippen LogP contribution in [-0.4, -0.2) is 59.1 Å². The molecular formula is C19H22N4O5. The molecule has 2 aliphatic rings. The third-order valence-corrected chi connectivity index (χ3v) is 4.92. The van der Waals surface area contributed by atoms with Crippen LogP contribution < -0.4 is 10.6 Å². The molecule has 6 amide bonds. The van der Waals surface area contributed by atoms with Crippen molar-refractivity contribution in [1.29, 1.82) is 0 Å². The van der Waals surface area contributed by atoms with Gasteiger partial charge in [0.25, 0.3) is 11.8 Å². The number of amides is 6. The van der Waals surface area contributed by atoms with Crippen molar-refractivity contribution in [1.82, 2.24) is 20.4 Å². The Hall–Kier alpha value is -3.23. The van der Waals surface area contributed by atoms with Gasteiger partial charge in [0, 0.05) is 26.6 Å². The zero-order chi connectivity index (χ0) is 20.4. The molecule has 0 saturated carbocycles. The van der Waals surface area contributed by atoms with E-state index in [-0.39, 0.29) is 36.4 Å². The van der Waals surface area contributed by atoms with Gasteiger partial charge < -0.3 is 10.2 Å². The molecule has 1 unspecified atom stereocenters. The smallest absolute Gasteiger partial charge is 0.324 e. The van der Waals surface area contributed by atoms with E-state index in [2.05, 4.69) is 10.6 Å². The van der Waals surface area contributed by atoms with Crippen LogP contribution in [0.25, 0.3) is 0 Å². The molecule has 0 aliphatic carbocycles. The summed E-state index contributed by atoms with van der Waals surface area (Å²) in [6, 6.07) is 3.55. The minimum absolute atomic E-state index is 0.117. The van der Waals surface area contributed by atoms with Gasteiger partial charge in [-0.25, -0.2) is 4.79 Å². The molecule has 0 spiro atoms. The Kier molecular flexibility index (Phi) is 5.43. The highest BCUT2D eigenvalue weighted by atomic mass is 16.2. The van der Waals surface area contributed by atoms with E-state index in [4.69, 9.17) is 0 Å². The highest BCUT2D eigenvalue weighted by Crippen LogP contribution is 2.30. The van der Waals surface area contributed by atoms with Crippen LogP contribution in [0.1, 0.15) is 52.5 Å². The lowest BCUT2D eigenvalue weighted by Crippen LogP contribution is -2.52. The summed E-state index contributed by atoms with van der Waals surface area (Å²) in [5.41, 5.74) is 0.932. The van der Waals surface area contributed by atoms with Crippen LogP contribution >= 0.6 is 0 Å². The van der Waals surface area contributed by atoms with Crippen molar-refractivity contribution in [3.63, 3.8) is 0 Å². The molecule has 1 atom stereocenters. The van der Waals surface area contributed by atoms with Crippen LogP contribution in [0.5, 0.6) is 0 Å². The topological polar surface area (TPSA) is 116 Å². The van der Waals surface area contributed by atoms with Gasteiger partial charge in [-0.15, -0.1) is 0 Å². The molecule has 9 nitrogen and oxygen atoms in total. The zero-order valence-electron chi connectivity index (χ0n) is 15.8. The molecule has 0 radical (unpaired) electrons. The lowest BCUT2D eigenvalue weighted by atomic mass is 10.0. The Morgan fingerprint density at radius 3 is 2.71 bits per heavy atom. The Labute approximate surface area is 162 Å². The van der Waals surface area contributed by atoms with Gasteiger partial charge in [0.1, 0.15) is 6.04 Å². The highest BCUT2D eigenvalue weighted by molar-refractivity contribution is 6.14. The molecular weight excluding hydrogens is 364 g/mol. The standard InChI is InChI=1S/C19H22N4O5/c1-3-9-20-19(28)22(2)17(26)12-6-4-5-11-10-23(18(27)15(11)12)13-7-8-14(24)21-16(13)25/h4-6,13H,3,7-10H2,1-2H3,(H,20,28)(H,21,24,25). The first-order valence-electron chi connectivity index (χ1n) is 9.17. The number of carbonyl (C=O) groups excluding carboxylic acids is 5. The van der Waals surface area contributed by atoms with Gasteiger partial charge >= 0.3 is 6.03 Å². The number of nitrogens with zero attached hydrogens (tertiary/aromatic N) is 2. The maximum absolute atomic E-state index is 13.0. The first-order chi connectivity index (χ1) is 13.3. The lowest BCUT2D eigenvalue weighted by molar-refractivity contribution is -0.136. The fourth-order valence-corrected chi connectivity index (χ4v) is 3.42. The average Bonchev–Trinajstić information content (AvgIpc) is 3.01. The molecule has 1 aromatic carbocycles. The molecule has 9 heteroatoms. The normalized spacial score (nSPS) is 18.6. The minimum atomic E-state index is -0.758. The highest BCUT2D eigenvalue weighted by Gasteiger charge is 2.41. The van der Waals surface area contributed by atoms with Gasteiger partial charge in [0.05, 0.1) is 11.1 Å².